The molecule has 28 heavy (non-hydrogen) atoms. The fourth-order valence-electron chi connectivity index (χ4n) is 3.46. The zero-order valence-corrected chi connectivity index (χ0v) is 16.2. The first kappa shape index (κ1) is 20.0. The number of methoxy groups -OCH3 is 1. The second-order valence-corrected chi connectivity index (χ2v) is 6.94. The summed E-state index contributed by atoms with van der Waals surface area (Å²) in [6.45, 7) is 2.20. The Morgan fingerprint density at radius 2 is 2.11 bits per heavy atom. The van der Waals surface area contributed by atoms with Crippen LogP contribution in [0.4, 0.5) is 0 Å². The number of hydrogen-bond donors (Lipinski definition) is 1. The van der Waals surface area contributed by atoms with Crippen LogP contribution in [0, 0.1) is 0 Å². The molecule has 8 nitrogen and oxygen atoms in total. The van der Waals surface area contributed by atoms with Crippen LogP contribution in [0.2, 0.25) is 0 Å². The molecule has 2 aromatic rings. The lowest BCUT2D eigenvalue weighted by Crippen LogP contribution is -2.38. The van der Waals surface area contributed by atoms with Crippen LogP contribution in [0.1, 0.15) is 35.3 Å². The molecule has 150 valence electrons. The molecule has 1 aromatic carbocycles. The van der Waals surface area contributed by atoms with E-state index in [1.54, 1.807) is 18.0 Å². The number of rotatable bonds is 9. The molecule has 2 amide bonds. The van der Waals surface area contributed by atoms with Crippen LogP contribution in [0.5, 0.6) is 0 Å². The number of ether oxygens (including phenoxy) is 1. The van der Waals surface area contributed by atoms with Gasteiger partial charge in [0.2, 0.25) is 5.91 Å². The van der Waals surface area contributed by atoms with Crippen LogP contribution in [-0.2, 0) is 22.5 Å². The maximum Gasteiger partial charge on any atom is 0.273 e. The Morgan fingerprint density at radius 3 is 2.89 bits per heavy atom. The van der Waals surface area contributed by atoms with E-state index in [2.05, 4.69) is 15.6 Å². The largest absolute Gasteiger partial charge is 0.383 e. The quantitative estimate of drug-likeness (QED) is 0.657. The highest BCUT2D eigenvalue weighted by molar-refractivity contribution is 5.91. The van der Waals surface area contributed by atoms with Crippen LogP contribution in [0.3, 0.4) is 0 Å². The zero-order chi connectivity index (χ0) is 19.8. The summed E-state index contributed by atoms with van der Waals surface area (Å²) in [5.74, 6) is -0.102. The molecule has 1 atom stereocenters. The molecule has 0 spiro atoms. The molecule has 0 saturated carbocycles. The van der Waals surface area contributed by atoms with Gasteiger partial charge in [-0.3, -0.25) is 9.59 Å². The third-order valence-corrected chi connectivity index (χ3v) is 4.93. The molecule has 0 aliphatic carbocycles. The van der Waals surface area contributed by atoms with E-state index >= 15 is 0 Å². The number of nitrogens with zero attached hydrogens (tertiary/aromatic N) is 4. The van der Waals surface area contributed by atoms with Crippen LogP contribution in [-0.4, -0.2) is 64.6 Å². The fourth-order valence-corrected chi connectivity index (χ4v) is 3.46. The Hall–Kier alpha value is -2.74. The van der Waals surface area contributed by atoms with Gasteiger partial charge in [0.05, 0.1) is 25.4 Å². The molecule has 1 saturated heterocycles. The summed E-state index contributed by atoms with van der Waals surface area (Å²) in [5, 5.41) is 10.7. The molecule has 8 heteroatoms. The van der Waals surface area contributed by atoms with Crippen LogP contribution >= 0.6 is 0 Å². The number of aryl methyl sites for hydroxylation is 1. The first-order valence-electron chi connectivity index (χ1n) is 9.68. The summed E-state index contributed by atoms with van der Waals surface area (Å²) in [6.07, 6.45) is 4.81. The Bertz CT molecular complexity index is 777. The number of hydrogen-bond acceptors (Lipinski definition) is 5. The lowest BCUT2D eigenvalue weighted by molar-refractivity contribution is -0.132. The summed E-state index contributed by atoms with van der Waals surface area (Å²) in [5.41, 5.74) is 1.45. The van der Waals surface area contributed by atoms with Crippen molar-refractivity contribution in [3.63, 3.8) is 0 Å². The Balaban J connectivity index is 1.52. The van der Waals surface area contributed by atoms with Gasteiger partial charge in [-0.25, -0.2) is 4.68 Å². The Labute approximate surface area is 164 Å². The highest BCUT2D eigenvalue weighted by atomic mass is 16.5. The van der Waals surface area contributed by atoms with Crippen molar-refractivity contribution in [1.29, 1.82) is 0 Å². The normalized spacial score (nSPS) is 16.3. The fraction of sp³-hybridized carbons (Fsp3) is 0.500. The van der Waals surface area contributed by atoms with Gasteiger partial charge in [0.1, 0.15) is 0 Å². The molecule has 0 bridgehead atoms. The zero-order valence-electron chi connectivity index (χ0n) is 16.2. The van der Waals surface area contributed by atoms with Gasteiger partial charge < -0.3 is 15.0 Å². The number of nitrogens with one attached hydrogen (secondary N) is 1. The van der Waals surface area contributed by atoms with Gasteiger partial charge in [-0.2, -0.15) is 0 Å². The Morgan fingerprint density at radius 1 is 1.29 bits per heavy atom. The van der Waals surface area contributed by atoms with Crippen molar-refractivity contribution in [2.24, 2.45) is 0 Å². The predicted molar refractivity (Wildman–Crippen MR) is 104 cm³/mol. The van der Waals surface area contributed by atoms with E-state index in [-0.39, 0.29) is 23.6 Å². The third kappa shape index (κ3) is 5.39. The monoisotopic (exact) mass is 385 g/mol. The van der Waals surface area contributed by atoms with Gasteiger partial charge in [-0.15, -0.1) is 5.10 Å². The predicted octanol–water partition coefficient (Wildman–Crippen LogP) is 1.28. The first-order valence-corrected chi connectivity index (χ1v) is 9.68. The van der Waals surface area contributed by atoms with Crippen molar-refractivity contribution >= 4 is 11.8 Å². The van der Waals surface area contributed by atoms with E-state index in [0.29, 0.717) is 26.1 Å². The van der Waals surface area contributed by atoms with E-state index < -0.39 is 0 Å². The van der Waals surface area contributed by atoms with E-state index in [1.807, 2.05) is 35.2 Å². The van der Waals surface area contributed by atoms with Gasteiger partial charge in [-0.1, -0.05) is 35.5 Å². The third-order valence-electron chi connectivity index (χ3n) is 4.93. The number of aromatic nitrogens is 3. The van der Waals surface area contributed by atoms with Crippen LogP contribution < -0.4 is 5.32 Å². The van der Waals surface area contributed by atoms with Gasteiger partial charge >= 0.3 is 0 Å². The minimum Gasteiger partial charge on any atom is -0.383 e. The average molecular weight is 385 g/mol. The second-order valence-electron chi connectivity index (χ2n) is 6.94. The molecule has 1 aromatic heterocycles. The minimum absolute atomic E-state index is 0.0920. The number of amides is 2. The summed E-state index contributed by atoms with van der Waals surface area (Å²) >= 11 is 0. The summed E-state index contributed by atoms with van der Waals surface area (Å²) in [6, 6.07) is 10.1. The van der Waals surface area contributed by atoms with Gasteiger partial charge in [0, 0.05) is 26.6 Å². The van der Waals surface area contributed by atoms with Crippen molar-refractivity contribution in [2.45, 2.75) is 38.3 Å². The number of likely N-dealkylation sites (tertiary alicyclic amines) is 1. The highest BCUT2D eigenvalue weighted by Gasteiger charge is 2.29. The van der Waals surface area contributed by atoms with Crippen molar-refractivity contribution in [3.8, 4) is 0 Å². The maximum atomic E-state index is 12.7. The van der Waals surface area contributed by atoms with Crippen LogP contribution in [0.15, 0.2) is 36.5 Å². The van der Waals surface area contributed by atoms with E-state index in [1.165, 1.54) is 5.56 Å². The molecular formula is C20H27N5O3. The van der Waals surface area contributed by atoms with Gasteiger partial charge in [-0.05, 0) is 24.8 Å². The lowest BCUT2D eigenvalue weighted by Gasteiger charge is -2.24. The van der Waals surface area contributed by atoms with Crippen molar-refractivity contribution in [2.75, 3.05) is 26.8 Å². The smallest absolute Gasteiger partial charge is 0.273 e. The second kappa shape index (κ2) is 9.98. The maximum absolute atomic E-state index is 12.7. The summed E-state index contributed by atoms with van der Waals surface area (Å²) in [4.78, 5) is 26.6. The average Bonchev–Trinajstić information content (AvgIpc) is 3.37. The lowest BCUT2D eigenvalue weighted by atomic mass is 10.1. The van der Waals surface area contributed by atoms with Crippen LogP contribution in [0.25, 0.3) is 0 Å². The van der Waals surface area contributed by atoms with Crippen molar-refractivity contribution in [1.82, 2.24) is 25.2 Å². The molecule has 0 radical (unpaired) electrons. The summed E-state index contributed by atoms with van der Waals surface area (Å²) in [7, 11) is 1.58. The molecule has 3 rings (SSSR count). The molecule has 1 fully saturated rings. The molecule has 1 aliphatic rings. The van der Waals surface area contributed by atoms with E-state index in [4.69, 9.17) is 4.74 Å². The number of carbonyl (C=O) groups excluding carboxylic acids is 2. The highest BCUT2D eigenvalue weighted by Crippen LogP contribution is 2.20. The molecule has 1 N–H and O–H groups in total. The minimum atomic E-state index is -0.273. The van der Waals surface area contributed by atoms with E-state index in [0.717, 1.165) is 25.8 Å². The van der Waals surface area contributed by atoms with Gasteiger partial charge in [0.25, 0.3) is 5.91 Å². The first-order chi connectivity index (χ1) is 13.7. The SMILES string of the molecule is COCCNC(=O)c1cn(C[C@@H]2CCCN2C(=O)CCc2ccccc2)nn1. The molecule has 2 heterocycles. The van der Waals surface area contributed by atoms with E-state index in [9.17, 15) is 9.59 Å². The Kier molecular flexibility index (Phi) is 7.13. The number of carbonyl (C=O) groups is 2. The van der Waals surface area contributed by atoms with Gasteiger partial charge in [0.15, 0.2) is 5.69 Å². The van der Waals surface area contributed by atoms with Crippen molar-refractivity contribution in [3.05, 3.63) is 47.8 Å². The standard InChI is InChI=1S/C20H27N5O3/c1-28-13-11-21-20(27)18-15-24(23-22-18)14-17-8-5-12-25(17)19(26)10-9-16-6-3-2-4-7-16/h2-4,6-7,15,17H,5,8-14H2,1H3,(H,21,27)/t17-/m0/s1. The molecule has 0 unspecified atom stereocenters. The number of benzene rings is 1. The molecular weight excluding hydrogens is 358 g/mol. The van der Waals surface area contributed by atoms with Crippen molar-refractivity contribution < 1.29 is 14.3 Å². The molecule has 1 aliphatic heterocycles. The summed E-state index contributed by atoms with van der Waals surface area (Å²) < 4.78 is 6.56. The topological polar surface area (TPSA) is 89.4 Å².